The predicted molar refractivity (Wildman–Crippen MR) is 68.8 cm³/mol. The standard InChI is InChI=1S/C12H15N3S/c1-15-9-10(8-14-15)7-13-11-3-5-12(16-2)6-4-11/h3-6,8-9,13H,7H2,1-2H3. The Balaban J connectivity index is 1.94. The molecule has 0 aliphatic heterocycles. The van der Waals surface area contributed by atoms with Crippen LogP contribution < -0.4 is 5.32 Å². The van der Waals surface area contributed by atoms with Crippen LogP contribution in [0.3, 0.4) is 0 Å². The maximum Gasteiger partial charge on any atom is 0.0539 e. The first-order chi connectivity index (χ1) is 7.78. The van der Waals surface area contributed by atoms with E-state index in [4.69, 9.17) is 0 Å². The van der Waals surface area contributed by atoms with Crippen LogP contribution in [-0.2, 0) is 13.6 Å². The number of thioether (sulfide) groups is 1. The van der Waals surface area contributed by atoms with Crippen molar-refractivity contribution in [3.05, 3.63) is 42.2 Å². The number of nitrogens with one attached hydrogen (secondary N) is 1. The Kier molecular flexibility index (Phi) is 3.51. The molecule has 0 aliphatic rings. The summed E-state index contributed by atoms with van der Waals surface area (Å²) in [6.45, 7) is 0.812. The highest BCUT2D eigenvalue weighted by Gasteiger charge is 1.96. The number of anilines is 1. The second-order valence-electron chi connectivity index (χ2n) is 3.60. The van der Waals surface area contributed by atoms with E-state index in [1.165, 1.54) is 10.5 Å². The Hall–Kier alpha value is -1.42. The molecule has 0 unspecified atom stereocenters. The number of nitrogens with zero attached hydrogens (tertiary/aromatic N) is 2. The van der Waals surface area contributed by atoms with Crippen LogP contribution in [0.15, 0.2) is 41.6 Å². The van der Waals surface area contributed by atoms with Gasteiger partial charge in [-0.1, -0.05) is 0 Å². The molecular weight excluding hydrogens is 218 g/mol. The summed E-state index contributed by atoms with van der Waals surface area (Å²) in [5.41, 5.74) is 2.33. The normalized spacial score (nSPS) is 10.4. The third-order valence-electron chi connectivity index (χ3n) is 2.35. The summed E-state index contributed by atoms with van der Waals surface area (Å²) in [5, 5.41) is 7.49. The summed E-state index contributed by atoms with van der Waals surface area (Å²) in [6.07, 6.45) is 5.98. The molecule has 0 aliphatic carbocycles. The molecule has 2 aromatic rings. The highest BCUT2D eigenvalue weighted by molar-refractivity contribution is 7.98. The Morgan fingerprint density at radius 2 is 2.06 bits per heavy atom. The lowest BCUT2D eigenvalue weighted by molar-refractivity contribution is 0.767. The minimum atomic E-state index is 0.812. The highest BCUT2D eigenvalue weighted by Crippen LogP contribution is 2.17. The Bertz CT molecular complexity index is 448. The lowest BCUT2D eigenvalue weighted by Gasteiger charge is -2.05. The first-order valence-corrected chi connectivity index (χ1v) is 6.36. The molecule has 0 atom stereocenters. The minimum absolute atomic E-state index is 0.812. The summed E-state index contributed by atoms with van der Waals surface area (Å²) >= 11 is 1.75. The fourth-order valence-electron chi connectivity index (χ4n) is 1.48. The molecule has 0 saturated carbocycles. The minimum Gasteiger partial charge on any atom is -0.381 e. The van der Waals surface area contributed by atoms with Crippen molar-refractivity contribution in [2.75, 3.05) is 11.6 Å². The van der Waals surface area contributed by atoms with E-state index >= 15 is 0 Å². The Morgan fingerprint density at radius 3 is 2.62 bits per heavy atom. The Morgan fingerprint density at radius 1 is 1.31 bits per heavy atom. The molecule has 84 valence electrons. The average Bonchev–Trinajstić information content (AvgIpc) is 2.73. The van der Waals surface area contributed by atoms with E-state index in [9.17, 15) is 0 Å². The molecule has 3 nitrogen and oxygen atoms in total. The van der Waals surface area contributed by atoms with Crippen LogP contribution in [0.25, 0.3) is 0 Å². The smallest absolute Gasteiger partial charge is 0.0539 e. The molecule has 0 amide bonds. The van der Waals surface area contributed by atoms with Crippen molar-refractivity contribution < 1.29 is 0 Å². The van der Waals surface area contributed by atoms with Gasteiger partial charge in [0, 0.05) is 35.9 Å². The third kappa shape index (κ3) is 2.79. The fraction of sp³-hybridized carbons (Fsp3) is 0.250. The molecule has 2 rings (SSSR count). The van der Waals surface area contributed by atoms with E-state index < -0.39 is 0 Å². The van der Waals surface area contributed by atoms with Crippen molar-refractivity contribution in [1.29, 1.82) is 0 Å². The number of benzene rings is 1. The molecule has 0 saturated heterocycles. The van der Waals surface area contributed by atoms with Gasteiger partial charge in [-0.25, -0.2) is 0 Å². The van der Waals surface area contributed by atoms with Crippen molar-refractivity contribution in [3.63, 3.8) is 0 Å². The number of hydrogen-bond donors (Lipinski definition) is 1. The maximum atomic E-state index is 4.13. The largest absolute Gasteiger partial charge is 0.381 e. The van der Waals surface area contributed by atoms with Crippen molar-refractivity contribution in [2.45, 2.75) is 11.4 Å². The fourth-order valence-corrected chi connectivity index (χ4v) is 1.88. The maximum absolute atomic E-state index is 4.13. The van der Waals surface area contributed by atoms with Crippen molar-refractivity contribution in [2.24, 2.45) is 7.05 Å². The van der Waals surface area contributed by atoms with E-state index in [0.29, 0.717) is 0 Å². The van der Waals surface area contributed by atoms with Gasteiger partial charge < -0.3 is 5.32 Å². The van der Waals surface area contributed by atoms with Gasteiger partial charge in [0.25, 0.3) is 0 Å². The molecule has 0 fully saturated rings. The number of aryl methyl sites for hydroxylation is 1. The summed E-state index contributed by atoms with van der Waals surface area (Å²) in [5.74, 6) is 0. The monoisotopic (exact) mass is 233 g/mol. The van der Waals surface area contributed by atoms with E-state index in [1.807, 2.05) is 24.1 Å². The predicted octanol–water partition coefficient (Wildman–Crippen LogP) is 2.75. The van der Waals surface area contributed by atoms with Gasteiger partial charge in [0.1, 0.15) is 0 Å². The van der Waals surface area contributed by atoms with Crippen LogP contribution in [0.1, 0.15) is 5.56 Å². The molecule has 0 bridgehead atoms. The van der Waals surface area contributed by atoms with Gasteiger partial charge in [-0.05, 0) is 30.5 Å². The van der Waals surface area contributed by atoms with Gasteiger partial charge in [0.05, 0.1) is 6.20 Å². The second kappa shape index (κ2) is 5.07. The lowest BCUT2D eigenvalue weighted by Crippen LogP contribution is -1.97. The van der Waals surface area contributed by atoms with Crippen LogP contribution >= 0.6 is 11.8 Å². The van der Waals surface area contributed by atoms with Crippen molar-refractivity contribution >= 4 is 17.4 Å². The molecular formula is C12H15N3S. The molecule has 1 heterocycles. The molecule has 16 heavy (non-hydrogen) atoms. The summed E-state index contributed by atoms with van der Waals surface area (Å²) in [7, 11) is 1.93. The van der Waals surface area contributed by atoms with Gasteiger partial charge in [-0.2, -0.15) is 5.10 Å². The third-order valence-corrected chi connectivity index (χ3v) is 3.09. The van der Waals surface area contributed by atoms with Gasteiger partial charge in [0.15, 0.2) is 0 Å². The van der Waals surface area contributed by atoms with Crippen LogP contribution in [0.5, 0.6) is 0 Å². The van der Waals surface area contributed by atoms with Crippen LogP contribution in [-0.4, -0.2) is 16.0 Å². The zero-order chi connectivity index (χ0) is 11.4. The number of aromatic nitrogens is 2. The topological polar surface area (TPSA) is 29.9 Å². The molecule has 0 radical (unpaired) electrons. The van der Waals surface area contributed by atoms with Crippen molar-refractivity contribution in [3.8, 4) is 0 Å². The molecule has 1 aromatic carbocycles. The average molecular weight is 233 g/mol. The van der Waals surface area contributed by atoms with Crippen LogP contribution in [0.2, 0.25) is 0 Å². The Labute approximate surface area is 99.9 Å². The highest BCUT2D eigenvalue weighted by atomic mass is 32.2. The van der Waals surface area contributed by atoms with E-state index in [2.05, 4.69) is 40.9 Å². The molecule has 1 aromatic heterocycles. The van der Waals surface area contributed by atoms with E-state index in [0.717, 1.165) is 12.2 Å². The number of hydrogen-bond acceptors (Lipinski definition) is 3. The lowest BCUT2D eigenvalue weighted by atomic mass is 10.3. The van der Waals surface area contributed by atoms with Gasteiger partial charge >= 0.3 is 0 Å². The zero-order valence-electron chi connectivity index (χ0n) is 9.47. The number of rotatable bonds is 4. The van der Waals surface area contributed by atoms with E-state index in [1.54, 1.807) is 11.8 Å². The summed E-state index contributed by atoms with van der Waals surface area (Å²) in [4.78, 5) is 1.28. The van der Waals surface area contributed by atoms with Crippen LogP contribution in [0.4, 0.5) is 5.69 Å². The first-order valence-electron chi connectivity index (χ1n) is 5.13. The van der Waals surface area contributed by atoms with Gasteiger partial charge in [-0.3, -0.25) is 4.68 Å². The molecule has 4 heteroatoms. The molecule has 1 N–H and O–H groups in total. The van der Waals surface area contributed by atoms with Gasteiger partial charge in [0.2, 0.25) is 0 Å². The quantitative estimate of drug-likeness (QED) is 0.824. The first kappa shape index (κ1) is 11.1. The van der Waals surface area contributed by atoms with Crippen LogP contribution in [0, 0.1) is 0 Å². The van der Waals surface area contributed by atoms with Gasteiger partial charge in [-0.15, -0.1) is 11.8 Å². The summed E-state index contributed by atoms with van der Waals surface area (Å²) < 4.78 is 1.81. The zero-order valence-corrected chi connectivity index (χ0v) is 10.3. The SMILES string of the molecule is CSc1ccc(NCc2cnn(C)c2)cc1. The molecule has 0 spiro atoms. The summed E-state index contributed by atoms with van der Waals surface area (Å²) in [6, 6.07) is 8.44. The van der Waals surface area contributed by atoms with Crippen molar-refractivity contribution in [1.82, 2.24) is 9.78 Å². The van der Waals surface area contributed by atoms with E-state index in [-0.39, 0.29) is 0 Å². The second-order valence-corrected chi connectivity index (χ2v) is 4.48.